The van der Waals surface area contributed by atoms with Crippen LogP contribution >= 0.6 is 0 Å². The Morgan fingerprint density at radius 1 is 1.25 bits per heavy atom. The van der Waals surface area contributed by atoms with E-state index < -0.39 is 0 Å². The van der Waals surface area contributed by atoms with Crippen LogP contribution in [0, 0.1) is 0 Å². The van der Waals surface area contributed by atoms with E-state index in [9.17, 15) is 0 Å². The Bertz CT molecular complexity index is 329. The lowest BCUT2D eigenvalue weighted by atomic mass is 9.95. The lowest BCUT2D eigenvalue weighted by molar-refractivity contribution is 0.0194. The van der Waals surface area contributed by atoms with Gasteiger partial charge in [-0.2, -0.15) is 0 Å². The van der Waals surface area contributed by atoms with E-state index in [1.165, 1.54) is 6.20 Å². The SMILES string of the molecule is COC1CCCC(Oc2cnc(N)cn2)C1. The third-order valence-corrected chi connectivity index (χ3v) is 2.85. The van der Waals surface area contributed by atoms with E-state index in [-0.39, 0.29) is 6.10 Å². The predicted molar refractivity (Wildman–Crippen MR) is 60.1 cm³/mol. The molecule has 0 saturated heterocycles. The van der Waals surface area contributed by atoms with E-state index in [4.69, 9.17) is 15.2 Å². The molecule has 1 heterocycles. The van der Waals surface area contributed by atoms with Crippen LogP contribution in [0.1, 0.15) is 25.7 Å². The first kappa shape index (κ1) is 11.1. The molecule has 5 nitrogen and oxygen atoms in total. The Morgan fingerprint density at radius 2 is 2.06 bits per heavy atom. The molecule has 88 valence electrons. The lowest BCUT2D eigenvalue weighted by Crippen LogP contribution is -2.29. The van der Waals surface area contributed by atoms with Crippen molar-refractivity contribution >= 4 is 5.82 Å². The van der Waals surface area contributed by atoms with Crippen LogP contribution in [-0.4, -0.2) is 29.3 Å². The summed E-state index contributed by atoms with van der Waals surface area (Å²) < 4.78 is 11.1. The van der Waals surface area contributed by atoms with Crippen molar-refractivity contribution in [2.24, 2.45) is 0 Å². The third kappa shape index (κ3) is 2.82. The van der Waals surface area contributed by atoms with Gasteiger partial charge in [0, 0.05) is 13.5 Å². The number of aromatic nitrogens is 2. The van der Waals surface area contributed by atoms with E-state index in [0.717, 1.165) is 25.7 Å². The number of rotatable bonds is 3. The highest BCUT2D eigenvalue weighted by atomic mass is 16.5. The van der Waals surface area contributed by atoms with Gasteiger partial charge in [0.2, 0.25) is 5.88 Å². The summed E-state index contributed by atoms with van der Waals surface area (Å²) in [5, 5.41) is 0. The minimum Gasteiger partial charge on any atom is -0.473 e. The van der Waals surface area contributed by atoms with Crippen LogP contribution in [0.2, 0.25) is 0 Å². The molecule has 0 aromatic carbocycles. The Morgan fingerprint density at radius 3 is 2.75 bits per heavy atom. The highest BCUT2D eigenvalue weighted by Crippen LogP contribution is 2.24. The molecular formula is C11H17N3O2. The van der Waals surface area contributed by atoms with Gasteiger partial charge in [-0.15, -0.1) is 0 Å². The fourth-order valence-corrected chi connectivity index (χ4v) is 1.98. The second-order valence-corrected chi connectivity index (χ2v) is 4.04. The number of hydrogen-bond acceptors (Lipinski definition) is 5. The molecular weight excluding hydrogens is 206 g/mol. The van der Waals surface area contributed by atoms with Gasteiger partial charge in [0.1, 0.15) is 11.9 Å². The molecule has 1 aliphatic carbocycles. The number of anilines is 1. The van der Waals surface area contributed by atoms with Crippen molar-refractivity contribution in [3.8, 4) is 5.88 Å². The summed E-state index contributed by atoms with van der Waals surface area (Å²) in [7, 11) is 1.75. The monoisotopic (exact) mass is 223 g/mol. The molecule has 1 fully saturated rings. The first-order chi connectivity index (χ1) is 7.78. The Kier molecular flexibility index (Phi) is 3.56. The third-order valence-electron chi connectivity index (χ3n) is 2.85. The molecule has 0 spiro atoms. The summed E-state index contributed by atoms with van der Waals surface area (Å²) >= 11 is 0. The van der Waals surface area contributed by atoms with Crippen molar-refractivity contribution in [1.29, 1.82) is 0 Å². The van der Waals surface area contributed by atoms with Crippen molar-refractivity contribution in [3.63, 3.8) is 0 Å². The van der Waals surface area contributed by atoms with Crippen molar-refractivity contribution in [2.75, 3.05) is 12.8 Å². The number of hydrogen-bond donors (Lipinski definition) is 1. The van der Waals surface area contributed by atoms with Crippen molar-refractivity contribution in [2.45, 2.75) is 37.9 Å². The largest absolute Gasteiger partial charge is 0.473 e. The first-order valence-corrected chi connectivity index (χ1v) is 5.55. The first-order valence-electron chi connectivity index (χ1n) is 5.55. The average molecular weight is 223 g/mol. The predicted octanol–water partition coefficient (Wildman–Crippen LogP) is 1.40. The fraction of sp³-hybridized carbons (Fsp3) is 0.636. The van der Waals surface area contributed by atoms with Gasteiger partial charge in [-0.05, 0) is 19.3 Å². The number of nitrogens with two attached hydrogens (primary N) is 1. The topological polar surface area (TPSA) is 70.3 Å². The van der Waals surface area contributed by atoms with E-state index in [2.05, 4.69) is 9.97 Å². The van der Waals surface area contributed by atoms with E-state index in [0.29, 0.717) is 17.8 Å². The van der Waals surface area contributed by atoms with Gasteiger partial charge in [0.05, 0.1) is 18.5 Å². The second-order valence-electron chi connectivity index (χ2n) is 4.04. The molecule has 16 heavy (non-hydrogen) atoms. The van der Waals surface area contributed by atoms with Gasteiger partial charge >= 0.3 is 0 Å². The molecule has 2 N–H and O–H groups in total. The molecule has 1 saturated carbocycles. The zero-order valence-corrected chi connectivity index (χ0v) is 9.43. The maximum Gasteiger partial charge on any atom is 0.232 e. The van der Waals surface area contributed by atoms with Crippen molar-refractivity contribution < 1.29 is 9.47 Å². The molecule has 1 aliphatic rings. The van der Waals surface area contributed by atoms with Crippen LogP contribution in [0.25, 0.3) is 0 Å². The van der Waals surface area contributed by atoms with Crippen LogP contribution < -0.4 is 10.5 Å². The highest BCUT2D eigenvalue weighted by molar-refractivity contribution is 5.24. The fourth-order valence-electron chi connectivity index (χ4n) is 1.98. The average Bonchev–Trinajstić information content (AvgIpc) is 2.32. The van der Waals surface area contributed by atoms with Gasteiger partial charge in [-0.3, -0.25) is 0 Å². The van der Waals surface area contributed by atoms with Crippen molar-refractivity contribution in [1.82, 2.24) is 9.97 Å². The molecule has 2 rings (SSSR count). The van der Waals surface area contributed by atoms with Crippen LogP contribution in [0.5, 0.6) is 5.88 Å². The standard InChI is InChI=1S/C11H17N3O2/c1-15-8-3-2-4-9(5-8)16-11-7-13-10(12)6-14-11/h6-9H,2-5H2,1H3,(H2,12,13). The van der Waals surface area contributed by atoms with Crippen LogP contribution in [0.15, 0.2) is 12.4 Å². The smallest absolute Gasteiger partial charge is 0.232 e. The van der Waals surface area contributed by atoms with E-state index >= 15 is 0 Å². The zero-order chi connectivity index (χ0) is 11.4. The number of nitrogen functional groups attached to an aromatic ring is 1. The van der Waals surface area contributed by atoms with Crippen LogP contribution in [-0.2, 0) is 4.74 Å². The lowest BCUT2D eigenvalue weighted by Gasteiger charge is -2.28. The number of ether oxygens (including phenoxy) is 2. The summed E-state index contributed by atoms with van der Waals surface area (Å²) in [6.07, 6.45) is 7.76. The van der Waals surface area contributed by atoms with E-state index in [1.807, 2.05) is 0 Å². The molecule has 1 aromatic rings. The summed E-state index contributed by atoms with van der Waals surface area (Å²) in [4.78, 5) is 8.02. The summed E-state index contributed by atoms with van der Waals surface area (Å²) in [6, 6.07) is 0. The zero-order valence-electron chi connectivity index (χ0n) is 9.43. The molecule has 5 heteroatoms. The minimum absolute atomic E-state index is 0.177. The maximum atomic E-state index is 5.73. The highest BCUT2D eigenvalue weighted by Gasteiger charge is 2.23. The Labute approximate surface area is 95.0 Å². The number of nitrogens with zero attached hydrogens (tertiary/aromatic N) is 2. The second kappa shape index (κ2) is 5.12. The molecule has 0 aliphatic heterocycles. The van der Waals surface area contributed by atoms with Gasteiger partial charge < -0.3 is 15.2 Å². The van der Waals surface area contributed by atoms with Crippen molar-refractivity contribution in [3.05, 3.63) is 12.4 Å². The molecule has 2 atom stereocenters. The van der Waals surface area contributed by atoms with Gasteiger partial charge in [0.25, 0.3) is 0 Å². The van der Waals surface area contributed by atoms with Gasteiger partial charge in [-0.1, -0.05) is 0 Å². The minimum atomic E-state index is 0.177. The van der Waals surface area contributed by atoms with Crippen LogP contribution in [0.3, 0.4) is 0 Å². The van der Waals surface area contributed by atoms with E-state index in [1.54, 1.807) is 13.3 Å². The van der Waals surface area contributed by atoms with Crippen LogP contribution in [0.4, 0.5) is 5.82 Å². The Hall–Kier alpha value is -1.36. The Balaban J connectivity index is 1.91. The van der Waals surface area contributed by atoms with Gasteiger partial charge in [0.15, 0.2) is 0 Å². The summed E-state index contributed by atoms with van der Waals surface area (Å²) in [5.74, 6) is 0.946. The quantitative estimate of drug-likeness (QED) is 0.838. The maximum absolute atomic E-state index is 5.73. The summed E-state index contributed by atoms with van der Waals surface area (Å²) in [6.45, 7) is 0. The molecule has 0 bridgehead atoms. The molecule has 0 amide bonds. The normalized spacial score (nSPS) is 25.3. The summed E-state index contributed by atoms with van der Waals surface area (Å²) in [5.41, 5.74) is 5.45. The number of methoxy groups -OCH3 is 1. The van der Waals surface area contributed by atoms with Gasteiger partial charge in [-0.25, -0.2) is 9.97 Å². The molecule has 0 radical (unpaired) electrons. The molecule has 1 aromatic heterocycles. The molecule has 2 unspecified atom stereocenters.